The van der Waals surface area contributed by atoms with Crippen LogP contribution in [0, 0.1) is 0 Å². The molecule has 0 saturated carbocycles. The van der Waals surface area contributed by atoms with Crippen LogP contribution < -0.4 is 10.9 Å². The van der Waals surface area contributed by atoms with Gasteiger partial charge in [-0.25, -0.2) is 0 Å². The number of hydrogen-bond acceptors (Lipinski definition) is 0. The van der Waals surface area contributed by atoms with Gasteiger partial charge < -0.3 is 11.0 Å². The van der Waals surface area contributed by atoms with Crippen molar-refractivity contribution >= 4 is 18.2 Å². The highest BCUT2D eigenvalue weighted by molar-refractivity contribution is 6.67. The lowest BCUT2D eigenvalue weighted by molar-refractivity contribution is 0.823. The van der Waals surface area contributed by atoms with E-state index in [0.717, 1.165) is 0 Å². The molecule has 0 saturated heterocycles. The molecule has 0 fully saturated rings. The summed E-state index contributed by atoms with van der Waals surface area (Å²) in [4.78, 5) is 0. The zero-order chi connectivity index (χ0) is 8.93. The highest BCUT2D eigenvalue weighted by atomic mass is 16.0. The maximum atomic E-state index is 2.17. The Bertz CT molecular complexity index is 324. The number of hydrogen-bond donors (Lipinski definition) is 0. The molecule has 3 heteroatoms. The molecule has 0 heterocycles. The minimum Gasteiger partial charge on any atom is -0.412 e. The second-order valence-electron chi connectivity index (χ2n) is 2.97. The average molecular weight is 201 g/mol. The molecule has 2 aromatic rings. The van der Waals surface area contributed by atoms with E-state index in [1.807, 2.05) is 12.1 Å². The first-order valence-corrected chi connectivity index (χ1v) is 4.40. The molecule has 0 aliphatic heterocycles. The van der Waals surface area contributed by atoms with Crippen LogP contribution in [-0.4, -0.2) is 18.2 Å². The maximum Gasteiger partial charge on any atom is 0.191 e. The fraction of sp³-hybridized carbons (Fsp3) is 0. The third-order valence-electron chi connectivity index (χ3n) is 1.93. The van der Waals surface area contributed by atoms with Gasteiger partial charge in [0.2, 0.25) is 0 Å². The van der Waals surface area contributed by atoms with Gasteiger partial charge in [0.05, 0.1) is 0 Å². The minimum absolute atomic E-state index is 0. The van der Waals surface area contributed by atoms with Crippen LogP contribution in [0.25, 0.3) is 0 Å². The van der Waals surface area contributed by atoms with E-state index in [1.54, 1.807) is 0 Å². The summed E-state index contributed by atoms with van der Waals surface area (Å²) in [5.41, 5.74) is 2.49. The fourth-order valence-corrected chi connectivity index (χ4v) is 1.29. The summed E-state index contributed by atoms with van der Waals surface area (Å²) in [6, 6.07) is 20.7. The van der Waals surface area contributed by atoms with Crippen molar-refractivity contribution in [2.45, 2.75) is 0 Å². The van der Waals surface area contributed by atoms with Crippen LogP contribution in [0.15, 0.2) is 60.7 Å². The lowest BCUT2D eigenvalue weighted by Crippen LogP contribution is -2.26. The van der Waals surface area contributed by atoms with Crippen LogP contribution in [0.2, 0.25) is 0 Å². The predicted octanol–water partition coefficient (Wildman–Crippen LogP) is -0.308. The zero-order valence-electron chi connectivity index (χ0n) is 8.35. The second-order valence-corrected chi connectivity index (χ2v) is 2.97. The Morgan fingerprint density at radius 3 is 1.20 bits per heavy atom. The standard InChI is InChI=1S/C12H10B.2H2O/c1-3-7-11(8-4-1)13-12-9-5-2-6-10-12;;/h1-10H;2*1H2. The molecule has 77 valence electrons. The van der Waals surface area contributed by atoms with E-state index in [9.17, 15) is 0 Å². The van der Waals surface area contributed by atoms with Crippen molar-refractivity contribution < 1.29 is 11.0 Å². The van der Waals surface area contributed by atoms with Crippen molar-refractivity contribution in [3.63, 3.8) is 0 Å². The van der Waals surface area contributed by atoms with Gasteiger partial charge in [-0.1, -0.05) is 71.6 Å². The largest absolute Gasteiger partial charge is 0.412 e. The van der Waals surface area contributed by atoms with Gasteiger partial charge >= 0.3 is 0 Å². The lowest BCUT2D eigenvalue weighted by atomic mass is 9.64. The quantitative estimate of drug-likeness (QED) is 0.598. The number of rotatable bonds is 2. The third kappa shape index (κ3) is 3.98. The fourth-order valence-electron chi connectivity index (χ4n) is 1.29. The zero-order valence-corrected chi connectivity index (χ0v) is 8.35. The summed E-state index contributed by atoms with van der Waals surface area (Å²) >= 11 is 0. The van der Waals surface area contributed by atoms with Crippen LogP contribution in [-0.2, 0) is 0 Å². The van der Waals surface area contributed by atoms with E-state index < -0.39 is 0 Å². The lowest BCUT2D eigenvalue weighted by Gasteiger charge is -1.98. The Morgan fingerprint density at radius 2 is 0.867 bits per heavy atom. The Morgan fingerprint density at radius 1 is 0.533 bits per heavy atom. The van der Waals surface area contributed by atoms with E-state index in [1.165, 1.54) is 10.9 Å². The highest BCUT2D eigenvalue weighted by Crippen LogP contribution is 1.84. The third-order valence-corrected chi connectivity index (χ3v) is 1.93. The summed E-state index contributed by atoms with van der Waals surface area (Å²) in [6.45, 7) is 0. The van der Waals surface area contributed by atoms with Gasteiger partial charge in [-0.2, -0.15) is 0 Å². The molecule has 0 amide bonds. The molecule has 0 spiro atoms. The molecule has 2 nitrogen and oxygen atoms in total. The molecular formula is C12H14BO2. The van der Waals surface area contributed by atoms with Crippen LogP contribution in [0.3, 0.4) is 0 Å². The van der Waals surface area contributed by atoms with Gasteiger partial charge in [-0.15, -0.1) is 0 Å². The first-order chi connectivity index (χ1) is 6.45. The first-order valence-electron chi connectivity index (χ1n) is 4.40. The Kier molecular flexibility index (Phi) is 6.10. The molecule has 0 bridgehead atoms. The predicted molar refractivity (Wildman–Crippen MR) is 65.1 cm³/mol. The molecule has 0 unspecified atom stereocenters. The van der Waals surface area contributed by atoms with E-state index in [0.29, 0.717) is 0 Å². The monoisotopic (exact) mass is 201 g/mol. The molecule has 1 radical (unpaired) electrons. The summed E-state index contributed by atoms with van der Waals surface area (Å²) in [5.74, 6) is 0. The topological polar surface area (TPSA) is 63.0 Å². The average Bonchev–Trinajstić information content (AvgIpc) is 2.21. The second kappa shape index (κ2) is 6.82. The maximum absolute atomic E-state index is 2.17. The Hall–Kier alpha value is -1.58. The summed E-state index contributed by atoms with van der Waals surface area (Å²) in [5, 5.41) is 0. The molecule has 0 atom stereocenters. The molecule has 2 rings (SSSR count). The van der Waals surface area contributed by atoms with Crippen LogP contribution in [0.4, 0.5) is 0 Å². The van der Waals surface area contributed by atoms with Crippen LogP contribution >= 0.6 is 0 Å². The SMILES string of the molecule is O.O.[B](c1ccccc1)c1ccccc1. The smallest absolute Gasteiger partial charge is 0.191 e. The van der Waals surface area contributed by atoms with E-state index in [-0.39, 0.29) is 11.0 Å². The van der Waals surface area contributed by atoms with Crippen molar-refractivity contribution in [3.8, 4) is 0 Å². The number of benzene rings is 2. The molecule has 15 heavy (non-hydrogen) atoms. The van der Waals surface area contributed by atoms with Gasteiger partial charge in [-0.05, 0) is 0 Å². The van der Waals surface area contributed by atoms with Gasteiger partial charge in [0.1, 0.15) is 0 Å². The van der Waals surface area contributed by atoms with Crippen molar-refractivity contribution in [2.24, 2.45) is 0 Å². The molecular weight excluding hydrogens is 187 g/mol. The van der Waals surface area contributed by atoms with Crippen molar-refractivity contribution in [3.05, 3.63) is 60.7 Å². The van der Waals surface area contributed by atoms with E-state index in [4.69, 9.17) is 0 Å². The molecule has 4 N–H and O–H groups in total. The normalized spacial score (nSPS) is 8.27. The Balaban J connectivity index is 0.000000980. The summed E-state index contributed by atoms with van der Waals surface area (Å²) < 4.78 is 0. The summed E-state index contributed by atoms with van der Waals surface area (Å²) in [7, 11) is 2.17. The van der Waals surface area contributed by atoms with Crippen molar-refractivity contribution in [2.75, 3.05) is 0 Å². The van der Waals surface area contributed by atoms with Gasteiger partial charge in [0, 0.05) is 0 Å². The van der Waals surface area contributed by atoms with Gasteiger partial charge in [-0.3, -0.25) is 0 Å². The van der Waals surface area contributed by atoms with E-state index in [2.05, 4.69) is 55.8 Å². The Labute approximate surface area is 90.4 Å². The molecule has 0 aromatic heterocycles. The molecule has 0 aliphatic carbocycles. The van der Waals surface area contributed by atoms with Crippen molar-refractivity contribution in [1.29, 1.82) is 0 Å². The minimum atomic E-state index is 0. The molecule has 2 aromatic carbocycles. The van der Waals surface area contributed by atoms with Gasteiger partial charge in [0.15, 0.2) is 7.28 Å². The highest BCUT2D eigenvalue weighted by Gasteiger charge is 1.95. The van der Waals surface area contributed by atoms with Crippen LogP contribution in [0.5, 0.6) is 0 Å². The first kappa shape index (κ1) is 13.4. The van der Waals surface area contributed by atoms with Crippen molar-refractivity contribution in [1.82, 2.24) is 0 Å². The van der Waals surface area contributed by atoms with Crippen LogP contribution in [0.1, 0.15) is 0 Å². The van der Waals surface area contributed by atoms with Gasteiger partial charge in [0.25, 0.3) is 0 Å². The summed E-state index contributed by atoms with van der Waals surface area (Å²) in [6.07, 6.45) is 0. The molecule has 0 aliphatic rings. The van der Waals surface area contributed by atoms with E-state index >= 15 is 0 Å².